The fraction of sp³-hybridized carbons (Fsp3) is 0.235. The summed E-state index contributed by atoms with van der Waals surface area (Å²) in [7, 11) is 0. The van der Waals surface area contributed by atoms with Crippen molar-refractivity contribution in [3.8, 4) is 11.8 Å². The molecule has 0 bridgehead atoms. The molecule has 0 heterocycles. The molecule has 0 amide bonds. The average Bonchev–Trinajstić information content (AvgIpc) is 2.86. The number of nitrogens with two attached hydrogens (primary N) is 1. The highest BCUT2D eigenvalue weighted by Crippen LogP contribution is 2.32. The predicted molar refractivity (Wildman–Crippen MR) is 77.1 cm³/mol. The Morgan fingerprint density at radius 3 is 2.95 bits per heavy atom. The van der Waals surface area contributed by atoms with Crippen molar-refractivity contribution in [2.24, 2.45) is 5.73 Å². The molecule has 3 rings (SSSR count). The van der Waals surface area contributed by atoms with E-state index in [0.29, 0.717) is 11.1 Å². The predicted octanol–water partition coefficient (Wildman–Crippen LogP) is 3.22. The molecular formula is C17H15FN2O. The average molecular weight is 282 g/mol. The summed E-state index contributed by atoms with van der Waals surface area (Å²) in [5.74, 6) is 0.350. The number of aryl methyl sites for hydroxylation is 1. The van der Waals surface area contributed by atoms with Gasteiger partial charge in [0.05, 0.1) is 11.6 Å². The smallest absolute Gasteiger partial charge is 0.123 e. The molecular weight excluding hydrogens is 267 g/mol. The Morgan fingerprint density at radius 2 is 2.14 bits per heavy atom. The van der Waals surface area contributed by atoms with Crippen molar-refractivity contribution >= 4 is 0 Å². The lowest BCUT2D eigenvalue weighted by Gasteiger charge is -2.10. The highest BCUT2D eigenvalue weighted by atomic mass is 19.1. The number of ether oxygens (including phenoxy) is 1. The van der Waals surface area contributed by atoms with Gasteiger partial charge in [-0.2, -0.15) is 5.26 Å². The van der Waals surface area contributed by atoms with Crippen LogP contribution in [0.2, 0.25) is 0 Å². The van der Waals surface area contributed by atoms with Crippen molar-refractivity contribution in [1.82, 2.24) is 0 Å². The van der Waals surface area contributed by atoms with E-state index in [1.807, 2.05) is 24.3 Å². The first-order chi connectivity index (χ1) is 10.2. The van der Waals surface area contributed by atoms with Gasteiger partial charge in [0.1, 0.15) is 18.2 Å². The van der Waals surface area contributed by atoms with Crippen LogP contribution in [0.4, 0.5) is 4.39 Å². The summed E-state index contributed by atoms with van der Waals surface area (Å²) in [6, 6.07) is 12.1. The minimum Gasteiger partial charge on any atom is -0.489 e. The molecule has 0 saturated heterocycles. The van der Waals surface area contributed by atoms with Crippen LogP contribution in [-0.4, -0.2) is 0 Å². The molecule has 2 aromatic rings. The van der Waals surface area contributed by atoms with Crippen LogP contribution in [0.3, 0.4) is 0 Å². The minimum absolute atomic E-state index is 0.113. The number of benzene rings is 2. The first-order valence-electron chi connectivity index (χ1n) is 6.87. The summed E-state index contributed by atoms with van der Waals surface area (Å²) in [6.45, 7) is 0.172. The van der Waals surface area contributed by atoms with Gasteiger partial charge in [-0.05, 0) is 54.3 Å². The highest BCUT2D eigenvalue weighted by Gasteiger charge is 2.19. The molecule has 1 aliphatic rings. The number of nitrogens with zero attached hydrogens (tertiary/aromatic N) is 1. The summed E-state index contributed by atoms with van der Waals surface area (Å²) in [5, 5.41) is 9.02. The number of hydrogen-bond donors (Lipinski definition) is 1. The standard InChI is InChI=1S/C17H15FN2O/c18-14-3-1-12(9-19)13(7-14)10-21-15-4-5-16-11(8-15)2-6-17(16)20/h1,3-5,7-8,17H,2,6,10,20H2. The molecule has 1 atom stereocenters. The van der Waals surface area contributed by atoms with Crippen molar-refractivity contribution in [3.05, 3.63) is 64.5 Å². The zero-order valence-corrected chi connectivity index (χ0v) is 11.5. The first-order valence-corrected chi connectivity index (χ1v) is 6.87. The Morgan fingerprint density at radius 1 is 1.29 bits per heavy atom. The van der Waals surface area contributed by atoms with Gasteiger partial charge in [-0.25, -0.2) is 4.39 Å². The van der Waals surface area contributed by atoms with E-state index >= 15 is 0 Å². The van der Waals surface area contributed by atoms with Gasteiger partial charge in [-0.3, -0.25) is 0 Å². The third kappa shape index (κ3) is 2.74. The summed E-state index contributed by atoms with van der Waals surface area (Å²) in [4.78, 5) is 0. The third-order valence-corrected chi connectivity index (χ3v) is 3.82. The molecule has 4 heteroatoms. The Hall–Kier alpha value is -2.38. The van der Waals surface area contributed by atoms with Crippen molar-refractivity contribution in [2.45, 2.75) is 25.5 Å². The van der Waals surface area contributed by atoms with Crippen LogP contribution in [0, 0.1) is 17.1 Å². The molecule has 0 aromatic heterocycles. The Balaban J connectivity index is 1.77. The fourth-order valence-corrected chi connectivity index (χ4v) is 2.67. The maximum Gasteiger partial charge on any atom is 0.123 e. The lowest BCUT2D eigenvalue weighted by molar-refractivity contribution is 0.305. The van der Waals surface area contributed by atoms with E-state index in [-0.39, 0.29) is 18.5 Å². The van der Waals surface area contributed by atoms with E-state index in [9.17, 15) is 4.39 Å². The summed E-state index contributed by atoms with van der Waals surface area (Å²) in [5.41, 5.74) is 9.36. The van der Waals surface area contributed by atoms with Crippen LogP contribution in [0.15, 0.2) is 36.4 Å². The second-order valence-electron chi connectivity index (χ2n) is 5.21. The number of halogens is 1. The minimum atomic E-state index is -0.368. The van der Waals surface area contributed by atoms with Gasteiger partial charge < -0.3 is 10.5 Å². The van der Waals surface area contributed by atoms with E-state index in [1.165, 1.54) is 29.3 Å². The van der Waals surface area contributed by atoms with Gasteiger partial charge >= 0.3 is 0 Å². The van der Waals surface area contributed by atoms with Gasteiger partial charge in [0.15, 0.2) is 0 Å². The topological polar surface area (TPSA) is 59.0 Å². The third-order valence-electron chi connectivity index (χ3n) is 3.82. The van der Waals surface area contributed by atoms with E-state index in [0.717, 1.165) is 18.6 Å². The lowest BCUT2D eigenvalue weighted by Crippen LogP contribution is -2.05. The molecule has 0 saturated carbocycles. The van der Waals surface area contributed by atoms with Gasteiger partial charge in [-0.1, -0.05) is 6.07 Å². The normalized spacial score (nSPS) is 16.3. The van der Waals surface area contributed by atoms with E-state index in [1.54, 1.807) is 0 Å². The van der Waals surface area contributed by atoms with Crippen LogP contribution in [0.5, 0.6) is 5.75 Å². The molecule has 3 nitrogen and oxygen atoms in total. The summed E-state index contributed by atoms with van der Waals surface area (Å²) < 4.78 is 18.9. The van der Waals surface area contributed by atoms with Crippen molar-refractivity contribution in [1.29, 1.82) is 5.26 Å². The summed E-state index contributed by atoms with van der Waals surface area (Å²) in [6.07, 6.45) is 1.92. The summed E-state index contributed by atoms with van der Waals surface area (Å²) >= 11 is 0. The Bertz CT molecular complexity index is 721. The Kier molecular flexibility index (Phi) is 3.59. The van der Waals surface area contributed by atoms with E-state index in [2.05, 4.69) is 0 Å². The maximum atomic E-state index is 13.3. The molecule has 2 N–H and O–H groups in total. The first kappa shape index (κ1) is 13.6. The Labute approximate surface area is 122 Å². The van der Waals surface area contributed by atoms with Crippen molar-refractivity contribution < 1.29 is 9.13 Å². The number of rotatable bonds is 3. The molecule has 0 aliphatic heterocycles. The number of nitriles is 1. The van der Waals surface area contributed by atoms with E-state index < -0.39 is 0 Å². The largest absolute Gasteiger partial charge is 0.489 e. The van der Waals surface area contributed by atoms with Crippen molar-refractivity contribution in [2.75, 3.05) is 0 Å². The van der Waals surface area contributed by atoms with Gasteiger partial charge in [0.25, 0.3) is 0 Å². The fourth-order valence-electron chi connectivity index (χ4n) is 2.67. The SMILES string of the molecule is N#Cc1ccc(F)cc1COc1ccc2c(c1)CCC2N. The number of hydrogen-bond acceptors (Lipinski definition) is 3. The second kappa shape index (κ2) is 5.55. The van der Waals surface area contributed by atoms with E-state index in [4.69, 9.17) is 15.7 Å². The van der Waals surface area contributed by atoms with Crippen molar-refractivity contribution in [3.63, 3.8) is 0 Å². The lowest BCUT2D eigenvalue weighted by atomic mass is 10.1. The molecule has 0 spiro atoms. The molecule has 0 fully saturated rings. The molecule has 1 unspecified atom stereocenters. The van der Waals surface area contributed by atoms with Crippen LogP contribution >= 0.6 is 0 Å². The molecule has 0 radical (unpaired) electrons. The second-order valence-corrected chi connectivity index (χ2v) is 5.21. The molecule has 2 aromatic carbocycles. The van der Waals surface area contributed by atoms with Crippen LogP contribution in [0.25, 0.3) is 0 Å². The van der Waals surface area contributed by atoms with Gasteiger partial charge in [0.2, 0.25) is 0 Å². The molecule has 1 aliphatic carbocycles. The van der Waals surface area contributed by atoms with Crippen LogP contribution < -0.4 is 10.5 Å². The van der Waals surface area contributed by atoms with Crippen LogP contribution in [0.1, 0.15) is 34.7 Å². The molecule has 21 heavy (non-hydrogen) atoms. The quantitative estimate of drug-likeness (QED) is 0.940. The zero-order chi connectivity index (χ0) is 14.8. The van der Waals surface area contributed by atoms with Crippen LogP contribution in [-0.2, 0) is 13.0 Å². The highest BCUT2D eigenvalue weighted by molar-refractivity contribution is 5.41. The zero-order valence-electron chi connectivity index (χ0n) is 11.5. The van der Waals surface area contributed by atoms with Gasteiger partial charge in [0, 0.05) is 11.6 Å². The molecule has 106 valence electrons. The number of fused-ring (bicyclic) bond motifs is 1. The maximum absolute atomic E-state index is 13.3. The van der Waals surface area contributed by atoms with Gasteiger partial charge in [-0.15, -0.1) is 0 Å². The monoisotopic (exact) mass is 282 g/mol.